The van der Waals surface area contributed by atoms with Gasteiger partial charge >= 0.3 is 12.1 Å². The Kier molecular flexibility index (Phi) is 9.82. The molecule has 0 radical (unpaired) electrons. The predicted molar refractivity (Wildman–Crippen MR) is 92.1 cm³/mol. The zero-order valence-corrected chi connectivity index (χ0v) is 15.9. The van der Waals surface area contributed by atoms with Gasteiger partial charge in [0.2, 0.25) is 0 Å². The van der Waals surface area contributed by atoms with Crippen molar-refractivity contribution in [3.63, 3.8) is 0 Å². The maximum absolute atomic E-state index is 12.7. The largest absolute Gasteiger partial charge is 0.469 e. The fourth-order valence-corrected chi connectivity index (χ4v) is 2.24. The number of carbonyl (C=O) groups is 1. The molecule has 1 heterocycles. The minimum absolute atomic E-state index is 0. The maximum atomic E-state index is 12.7. The average Bonchev–Trinajstić information content (AvgIpc) is 2.50. The summed E-state index contributed by atoms with van der Waals surface area (Å²) in [5.74, 6) is 0.259. The van der Waals surface area contributed by atoms with Crippen molar-refractivity contribution in [3.05, 3.63) is 0 Å². The van der Waals surface area contributed by atoms with Crippen molar-refractivity contribution in [2.24, 2.45) is 4.99 Å². The topological polar surface area (TPSA) is 57.2 Å². The van der Waals surface area contributed by atoms with Gasteiger partial charge in [-0.15, -0.1) is 24.0 Å². The highest BCUT2D eigenvalue weighted by Crippen LogP contribution is 2.25. The number of methoxy groups -OCH3 is 1. The molecule has 23 heavy (non-hydrogen) atoms. The standard InChI is InChI=1S/C13H23F3N4O2.HI/c1-10(13(14,15)16)19-6-8-20(9-7-19)12(17-2)18-5-4-11(21)22-3;/h10H,4-9H2,1-3H3,(H,17,18);1H. The molecule has 1 fully saturated rings. The molecule has 1 aliphatic heterocycles. The molecule has 10 heteroatoms. The number of alkyl halides is 3. The molecule has 0 aromatic heterocycles. The second-order valence-electron chi connectivity index (χ2n) is 5.04. The molecular weight excluding hydrogens is 428 g/mol. The summed E-state index contributed by atoms with van der Waals surface area (Å²) in [5, 5.41) is 3.01. The predicted octanol–water partition coefficient (Wildman–Crippen LogP) is 1.31. The molecule has 1 atom stereocenters. The van der Waals surface area contributed by atoms with Crippen LogP contribution in [0.2, 0.25) is 0 Å². The van der Waals surface area contributed by atoms with Crippen LogP contribution in [0.1, 0.15) is 13.3 Å². The Morgan fingerprint density at radius 3 is 2.30 bits per heavy atom. The van der Waals surface area contributed by atoms with Crippen molar-refractivity contribution < 1.29 is 22.7 Å². The quantitative estimate of drug-likeness (QED) is 0.302. The van der Waals surface area contributed by atoms with Crippen LogP contribution in [0.25, 0.3) is 0 Å². The number of guanidine groups is 1. The van der Waals surface area contributed by atoms with Crippen LogP contribution in [0.4, 0.5) is 13.2 Å². The van der Waals surface area contributed by atoms with Gasteiger partial charge in [-0.3, -0.25) is 14.7 Å². The average molecular weight is 452 g/mol. The van der Waals surface area contributed by atoms with Crippen LogP contribution in [-0.2, 0) is 9.53 Å². The Morgan fingerprint density at radius 1 is 1.30 bits per heavy atom. The Labute approximate surface area is 151 Å². The molecule has 1 N–H and O–H groups in total. The monoisotopic (exact) mass is 452 g/mol. The summed E-state index contributed by atoms with van der Waals surface area (Å²) in [6.07, 6.45) is -4.00. The van der Waals surface area contributed by atoms with Crippen molar-refractivity contribution in [1.29, 1.82) is 0 Å². The molecule has 1 aliphatic rings. The lowest BCUT2D eigenvalue weighted by molar-refractivity contribution is -0.181. The van der Waals surface area contributed by atoms with Gasteiger partial charge in [-0.1, -0.05) is 0 Å². The van der Waals surface area contributed by atoms with Gasteiger partial charge in [0.25, 0.3) is 0 Å². The number of halogens is 4. The van der Waals surface area contributed by atoms with E-state index in [4.69, 9.17) is 0 Å². The molecule has 1 saturated heterocycles. The highest BCUT2D eigenvalue weighted by Gasteiger charge is 2.41. The number of nitrogens with one attached hydrogen (secondary N) is 1. The third kappa shape index (κ3) is 7.10. The van der Waals surface area contributed by atoms with Crippen molar-refractivity contribution in [2.45, 2.75) is 25.6 Å². The van der Waals surface area contributed by atoms with E-state index >= 15 is 0 Å². The molecule has 0 bridgehead atoms. The number of aliphatic imine (C=N–C) groups is 1. The minimum atomic E-state index is -4.21. The highest BCUT2D eigenvalue weighted by atomic mass is 127. The van der Waals surface area contributed by atoms with E-state index < -0.39 is 12.2 Å². The first-order valence-corrected chi connectivity index (χ1v) is 7.12. The van der Waals surface area contributed by atoms with Crippen molar-refractivity contribution in [3.8, 4) is 0 Å². The first-order chi connectivity index (χ1) is 10.3. The van der Waals surface area contributed by atoms with E-state index in [0.717, 1.165) is 0 Å². The van der Waals surface area contributed by atoms with Crippen LogP contribution >= 0.6 is 24.0 Å². The lowest BCUT2D eigenvalue weighted by atomic mass is 10.2. The van der Waals surface area contributed by atoms with Crippen LogP contribution in [0.5, 0.6) is 0 Å². The number of ether oxygens (including phenoxy) is 1. The number of piperazine rings is 1. The molecule has 1 rings (SSSR count). The van der Waals surface area contributed by atoms with Crippen molar-refractivity contribution in [1.82, 2.24) is 15.1 Å². The molecule has 0 amide bonds. The van der Waals surface area contributed by atoms with Gasteiger partial charge in [0.15, 0.2) is 5.96 Å². The molecular formula is C13H24F3IN4O2. The van der Waals surface area contributed by atoms with Gasteiger partial charge in [0.1, 0.15) is 6.04 Å². The van der Waals surface area contributed by atoms with E-state index in [1.54, 1.807) is 7.05 Å². The number of nitrogens with zero attached hydrogens (tertiary/aromatic N) is 3. The number of hydrogen-bond donors (Lipinski definition) is 1. The Balaban J connectivity index is 0.00000484. The number of hydrogen-bond acceptors (Lipinski definition) is 4. The summed E-state index contributed by atoms with van der Waals surface area (Å²) in [6, 6.07) is -1.44. The summed E-state index contributed by atoms with van der Waals surface area (Å²) in [5.41, 5.74) is 0. The van der Waals surface area contributed by atoms with Crippen LogP contribution in [0, 0.1) is 0 Å². The molecule has 6 nitrogen and oxygen atoms in total. The fourth-order valence-electron chi connectivity index (χ4n) is 2.24. The highest BCUT2D eigenvalue weighted by molar-refractivity contribution is 14.0. The van der Waals surface area contributed by atoms with E-state index in [1.165, 1.54) is 18.9 Å². The van der Waals surface area contributed by atoms with Gasteiger partial charge < -0.3 is 15.0 Å². The van der Waals surface area contributed by atoms with Crippen LogP contribution < -0.4 is 5.32 Å². The Morgan fingerprint density at radius 2 is 1.87 bits per heavy atom. The van der Waals surface area contributed by atoms with Crippen LogP contribution in [0.3, 0.4) is 0 Å². The van der Waals surface area contributed by atoms with Crippen LogP contribution in [-0.4, -0.2) is 80.8 Å². The lowest BCUT2D eigenvalue weighted by Crippen LogP contribution is -2.56. The third-order valence-electron chi connectivity index (χ3n) is 3.69. The molecule has 0 saturated carbocycles. The molecule has 0 aromatic rings. The summed E-state index contributed by atoms with van der Waals surface area (Å²) in [4.78, 5) is 18.4. The first-order valence-electron chi connectivity index (χ1n) is 7.12. The molecule has 0 spiro atoms. The zero-order valence-electron chi connectivity index (χ0n) is 13.5. The fraction of sp³-hybridized carbons (Fsp3) is 0.846. The Bertz CT molecular complexity index is 399. The molecule has 0 aromatic carbocycles. The normalized spacial score (nSPS) is 18.2. The van der Waals surface area contributed by atoms with Gasteiger partial charge in [0.05, 0.1) is 13.5 Å². The Hall–Kier alpha value is -0.780. The number of carbonyl (C=O) groups excluding carboxylic acids is 1. The van der Waals surface area contributed by atoms with Gasteiger partial charge in [-0.25, -0.2) is 0 Å². The summed E-state index contributed by atoms with van der Waals surface area (Å²) in [6.45, 7) is 3.10. The second-order valence-corrected chi connectivity index (χ2v) is 5.04. The van der Waals surface area contributed by atoms with Gasteiger partial charge in [-0.05, 0) is 6.92 Å². The van der Waals surface area contributed by atoms with E-state index in [0.29, 0.717) is 38.7 Å². The minimum Gasteiger partial charge on any atom is -0.469 e. The van der Waals surface area contributed by atoms with E-state index in [2.05, 4.69) is 15.0 Å². The third-order valence-corrected chi connectivity index (χ3v) is 3.69. The van der Waals surface area contributed by atoms with Gasteiger partial charge in [-0.2, -0.15) is 13.2 Å². The summed E-state index contributed by atoms with van der Waals surface area (Å²) >= 11 is 0. The molecule has 0 aliphatic carbocycles. The smallest absolute Gasteiger partial charge is 0.403 e. The maximum Gasteiger partial charge on any atom is 0.403 e. The molecule has 1 unspecified atom stereocenters. The SMILES string of the molecule is CN=C(NCCC(=O)OC)N1CCN(C(C)C(F)(F)F)CC1.I. The van der Waals surface area contributed by atoms with E-state index in [1.807, 2.05) is 4.90 Å². The zero-order chi connectivity index (χ0) is 16.8. The molecule has 136 valence electrons. The van der Waals surface area contributed by atoms with Crippen LogP contribution in [0.15, 0.2) is 4.99 Å². The van der Waals surface area contributed by atoms with E-state index in [9.17, 15) is 18.0 Å². The van der Waals surface area contributed by atoms with Gasteiger partial charge in [0, 0.05) is 39.8 Å². The first kappa shape index (κ1) is 22.2. The number of esters is 1. The summed E-state index contributed by atoms with van der Waals surface area (Å²) in [7, 11) is 2.92. The second kappa shape index (κ2) is 10.2. The van der Waals surface area contributed by atoms with Crippen molar-refractivity contribution in [2.75, 3.05) is 46.9 Å². The summed E-state index contributed by atoms with van der Waals surface area (Å²) < 4.78 is 42.6. The van der Waals surface area contributed by atoms with Crippen molar-refractivity contribution >= 4 is 35.9 Å². The number of rotatable bonds is 4. The van der Waals surface area contributed by atoms with E-state index in [-0.39, 0.29) is 36.4 Å². The lowest BCUT2D eigenvalue weighted by Gasteiger charge is -2.39.